The second-order valence-corrected chi connectivity index (χ2v) is 4.58. The first-order valence-electron chi connectivity index (χ1n) is 6.44. The van der Waals surface area contributed by atoms with E-state index in [1.807, 2.05) is 6.92 Å². The second kappa shape index (κ2) is 7.63. The van der Waals surface area contributed by atoms with E-state index in [-0.39, 0.29) is 11.9 Å². The Morgan fingerprint density at radius 3 is 2.94 bits per heavy atom. The molecule has 0 aromatic carbocycles. The molecule has 0 saturated carbocycles. The molecule has 0 spiro atoms. The maximum absolute atomic E-state index is 11.7. The van der Waals surface area contributed by atoms with Crippen LogP contribution in [0.2, 0.25) is 0 Å². The lowest BCUT2D eigenvalue weighted by Crippen LogP contribution is -2.43. The van der Waals surface area contributed by atoms with Gasteiger partial charge in [0.25, 0.3) is 0 Å². The molecule has 17 heavy (non-hydrogen) atoms. The van der Waals surface area contributed by atoms with Crippen molar-refractivity contribution in [2.75, 3.05) is 33.3 Å². The van der Waals surface area contributed by atoms with Crippen LogP contribution in [0.25, 0.3) is 0 Å². The number of carbonyl (C=O) groups excluding carboxylic acids is 1. The Balaban J connectivity index is 2.35. The van der Waals surface area contributed by atoms with Gasteiger partial charge in [-0.2, -0.15) is 0 Å². The Bertz CT molecular complexity index is 236. The maximum atomic E-state index is 11.7. The minimum atomic E-state index is 0.100. The van der Waals surface area contributed by atoms with Gasteiger partial charge in [0.2, 0.25) is 5.91 Å². The van der Waals surface area contributed by atoms with E-state index in [0.717, 1.165) is 32.5 Å². The fraction of sp³-hybridized carbons (Fsp3) is 0.917. The van der Waals surface area contributed by atoms with Crippen LogP contribution in [-0.2, 0) is 9.53 Å². The third-order valence-electron chi connectivity index (χ3n) is 3.29. The Labute approximate surface area is 104 Å². The Morgan fingerprint density at radius 2 is 2.41 bits per heavy atom. The van der Waals surface area contributed by atoms with Gasteiger partial charge in [0.15, 0.2) is 0 Å². The summed E-state index contributed by atoms with van der Waals surface area (Å²) in [5, 5.41) is 2.89. The molecule has 1 heterocycles. The smallest absolute Gasteiger partial charge is 0.221 e. The van der Waals surface area contributed by atoms with Crippen LogP contribution in [-0.4, -0.2) is 56.2 Å². The number of likely N-dealkylation sites (tertiary alicyclic amines) is 1. The first kappa shape index (κ1) is 14.4. The zero-order valence-corrected chi connectivity index (χ0v) is 10.9. The largest absolute Gasteiger partial charge is 0.380 e. The molecule has 2 unspecified atom stereocenters. The van der Waals surface area contributed by atoms with Crippen LogP contribution in [0.5, 0.6) is 0 Å². The summed E-state index contributed by atoms with van der Waals surface area (Å²) in [6.45, 7) is 5.18. The fourth-order valence-corrected chi connectivity index (χ4v) is 2.19. The van der Waals surface area contributed by atoms with Crippen LogP contribution in [0.3, 0.4) is 0 Å². The lowest BCUT2D eigenvalue weighted by atomic mass is 10.1. The van der Waals surface area contributed by atoms with Gasteiger partial charge in [-0.3, -0.25) is 9.69 Å². The van der Waals surface area contributed by atoms with Crippen LogP contribution in [0, 0.1) is 0 Å². The van der Waals surface area contributed by atoms with Crippen LogP contribution >= 0.6 is 0 Å². The molecule has 5 heteroatoms. The summed E-state index contributed by atoms with van der Waals surface area (Å²) < 4.78 is 5.32. The number of ether oxygens (including phenoxy) is 1. The molecule has 2 atom stereocenters. The van der Waals surface area contributed by atoms with E-state index in [1.54, 1.807) is 7.11 Å². The number of hydrogen-bond donors (Lipinski definition) is 2. The van der Waals surface area contributed by atoms with Crippen molar-refractivity contribution < 1.29 is 9.53 Å². The third kappa shape index (κ3) is 4.61. The lowest BCUT2D eigenvalue weighted by Gasteiger charge is -2.26. The summed E-state index contributed by atoms with van der Waals surface area (Å²) in [6, 6.07) is 0.145. The van der Waals surface area contributed by atoms with E-state index in [0.29, 0.717) is 19.1 Å². The zero-order valence-electron chi connectivity index (χ0n) is 10.9. The van der Waals surface area contributed by atoms with Gasteiger partial charge in [-0.15, -0.1) is 0 Å². The van der Waals surface area contributed by atoms with Crippen LogP contribution in [0.4, 0.5) is 0 Å². The number of amides is 1. The zero-order chi connectivity index (χ0) is 12.7. The third-order valence-corrected chi connectivity index (χ3v) is 3.29. The summed E-state index contributed by atoms with van der Waals surface area (Å²) >= 11 is 0. The predicted molar refractivity (Wildman–Crippen MR) is 67.7 cm³/mol. The lowest BCUT2D eigenvalue weighted by molar-refractivity contribution is -0.122. The van der Waals surface area contributed by atoms with E-state index < -0.39 is 0 Å². The van der Waals surface area contributed by atoms with Gasteiger partial charge in [0, 0.05) is 45.8 Å². The molecular weight excluding hydrogens is 218 g/mol. The van der Waals surface area contributed by atoms with Crippen LogP contribution in [0.1, 0.15) is 26.2 Å². The molecule has 100 valence electrons. The maximum Gasteiger partial charge on any atom is 0.221 e. The molecular formula is C12H25N3O2. The van der Waals surface area contributed by atoms with Gasteiger partial charge in [0.1, 0.15) is 0 Å². The molecule has 0 bridgehead atoms. The molecule has 1 aliphatic heterocycles. The van der Waals surface area contributed by atoms with E-state index in [1.165, 1.54) is 0 Å². The minimum absolute atomic E-state index is 0.100. The van der Waals surface area contributed by atoms with Crippen molar-refractivity contribution >= 4 is 5.91 Å². The number of nitrogens with one attached hydrogen (secondary N) is 1. The molecule has 1 saturated heterocycles. The summed E-state index contributed by atoms with van der Waals surface area (Å²) in [5.41, 5.74) is 5.75. The number of hydrogen-bond acceptors (Lipinski definition) is 4. The topological polar surface area (TPSA) is 67.6 Å². The molecule has 0 aliphatic carbocycles. The minimum Gasteiger partial charge on any atom is -0.380 e. The quantitative estimate of drug-likeness (QED) is 0.658. The highest BCUT2D eigenvalue weighted by Gasteiger charge is 2.28. The van der Waals surface area contributed by atoms with Gasteiger partial charge in [-0.1, -0.05) is 6.92 Å². The number of rotatable bonds is 7. The normalized spacial score (nSPS) is 22.6. The monoisotopic (exact) mass is 243 g/mol. The average Bonchev–Trinajstić information content (AvgIpc) is 2.82. The van der Waals surface area contributed by atoms with Crippen molar-refractivity contribution in [1.82, 2.24) is 10.2 Å². The SMILES string of the molecule is CCCNC(=O)CC(CN)N1CCC(OC)C1. The van der Waals surface area contributed by atoms with Gasteiger partial charge >= 0.3 is 0 Å². The van der Waals surface area contributed by atoms with Crippen molar-refractivity contribution in [2.24, 2.45) is 5.73 Å². The van der Waals surface area contributed by atoms with Crippen molar-refractivity contribution in [2.45, 2.75) is 38.3 Å². The molecule has 1 amide bonds. The molecule has 0 aromatic rings. The van der Waals surface area contributed by atoms with E-state index in [2.05, 4.69) is 10.2 Å². The van der Waals surface area contributed by atoms with Gasteiger partial charge < -0.3 is 15.8 Å². The van der Waals surface area contributed by atoms with Crippen molar-refractivity contribution in [3.8, 4) is 0 Å². The number of carbonyl (C=O) groups is 1. The summed E-state index contributed by atoms with van der Waals surface area (Å²) in [4.78, 5) is 13.9. The van der Waals surface area contributed by atoms with Crippen molar-refractivity contribution in [3.05, 3.63) is 0 Å². The van der Waals surface area contributed by atoms with Crippen molar-refractivity contribution in [1.29, 1.82) is 0 Å². The molecule has 1 rings (SSSR count). The fourth-order valence-electron chi connectivity index (χ4n) is 2.19. The van der Waals surface area contributed by atoms with E-state index in [9.17, 15) is 4.79 Å². The highest BCUT2D eigenvalue weighted by atomic mass is 16.5. The Morgan fingerprint density at radius 1 is 1.65 bits per heavy atom. The van der Waals surface area contributed by atoms with E-state index in [4.69, 9.17) is 10.5 Å². The number of methoxy groups -OCH3 is 1. The number of nitrogens with two attached hydrogens (primary N) is 1. The molecule has 1 fully saturated rings. The van der Waals surface area contributed by atoms with Gasteiger partial charge in [0.05, 0.1) is 6.10 Å². The molecule has 1 aliphatic rings. The first-order chi connectivity index (χ1) is 8.21. The number of nitrogens with zero attached hydrogens (tertiary/aromatic N) is 1. The first-order valence-corrected chi connectivity index (χ1v) is 6.44. The predicted octanol–water partition coefficient (Wildman–Crippen LogP) is -0.0493. The van der Waals surface area contributed by atoms with Crippen LogP contribution < -0.4 is 11.1 Å². The second-order valence-electron chi connectivity index (χ2n) is 4.58. The molecule has 5 nitrogen and oxygen atoms in total. The standard InChI is InChI=1S/C12H25N3O2/c1-3-5-14-12(16)7-10(8-13)15-6-4-11(9-15)17-2/h10-11H,3-9,13H2,1-2H3,(H,14,16). The van der Waals surface area contributed by atoms with Gasteiger partial charge in [-0.05, 0) is 12.8 Å². The Kier molecular flexibility index (Phi) is 6.47. The molecule has 0 aromatic heterocycles. The summed E-state index contributed by atoms with van der Waals surface area (Å²) in [6.07, 6.45) is 2.79. The van der Waals surface area contributed by atoms with E-state index >= 15 is 0 Å². The highest BCUT2D eigenvalue weighted by Crippen LogP contribution is 2.16. The summed E-state index contributed by atoms with van der Waals surface area (Å²) in [5.74, 6) is 0.100. The highest BCUT2D eigenvalue weighted by molar-refractivity contribution is 5.76. The van der Waals surface area contributed by atoms with Gasteiger partial charge in [-0.25, -0.2) is 0 Å². The Hall–Kier alpha value is -0.650. The van der Waals surface area contributed by atoms with Crippen LogP contribution in [0.15, 0.2) is 0 Å². The molecule has 0 radical (unpaired) electrons. The molecule has 3 N–H and O–H groups in total. The average molecular weight is 243 g/mol. The van der Waals surface area contributed by atoms with Crippen molar-refractivity contribution in [3.63, 3.8) is 0 Å². The summed E-state index contributed by atoms with van der Waals surface area (Å²) in [7, 11) is 1.74.